The first kappa shape index (κ1) is 24.5. The number of halogens is 1. The Morgan fingerprint density at radius 2 is 1.81 bits per heavy atom. The number of ether oxygens (including phenoxy) is 3. The van der Waals surface area contributed by atoms with Gasteiger partial charge in [0.1, 0.15) is 24.7 Å². The molecule has 36 heavy (non-hydrogen) atoms. The predicted molar refractivity (Wildman–Crippen MR) is 134 cm³/mol. The Bertz CT molecular complexity index is 1220. The van der Waals surface area contributed by atoms with Gasteiger partial charge in [-0.1, -0.05) is 30.3 Å². The fraction of sp³-hybridized carbons (Fsp3) is 0.357. The molecule has 0 amide bonds. The average Bonchev–Trinajstić information content (AvgIpc) is 3.43. The first-order valence-corrected chi connectivity index (χ1v) is 13.0. The number of methoxy groups -OCH3 is 1. The molecule has 2 aromatic carbocycles. The van der Waals surface area contributed by atoms with Crippen LogP contribution in [-0.2, 0) is 9.47 Å². The van der Waals surface area contributed by atoms with Crippen LogP contribution in [0.15, 0.2) is 66.0 Å². The van der Waals surface area contributed by atoms with Gasteiger partial charge in [-0.3, -0.25) is 4.79 Å². The second kappa shape index (κ2) is 10.4. The SMILES string of the molecule is COc1cccc(C(OC(=O)O[C@H]2C[N+]3(CC(=O)c4cccs4)CCC2CC3)c2cccc(F)c2)c1. The molecule has 0 saturated carbocycles. The number of Topliss-reactive ketones (excluding diaryl/α,β-unsaturated/α-hetero) is 1. The molecule has 0 aliphatic carbocycles. The van der Waals surface area contributed by atoms with Crippen LogP contribution in [0.4, 0.5) is 9.18 Å². The number of rotatable bonds is 8. The molecule has 3 aliphatic heterocycles. The minimum atomic E-state index is -0.854. The summed E-state index contributed by atoms with van der Waals surface area (Å²) in [5.41, 5.74) is 1.15. The van der Waals surface area contributed by atoms with Crippen molar-refractivity contribution in [2.24, 2.45) is 5.92 Å². The fourth-order valence-electron chi connectivity index (χ4n) is 5.45. The molecule has 2 bridgehead atoms. The minimum absolute atomic E-state index is 0.135. The number of benzene rings is 2. The minimum Gasteiger partial charge on any atom is -0.497 e. The van der Waals surface area contributed by atoms with E-state index in [1.54, 1.807) is 43.5 Å². The van der Waals surface area contributed by atoms with Crippen LogP contribution in [0.2, 0.25) is 0 Å². The Balaban J connectivity index is 1.31. The number of hydrogen-bond donors (Lipinski definition) is 0. The Labute approximate surface area is 213 Å². The summed E-state index contributed by atoms with van der Waals surface area (Å²) in [7, 11) is 1.56. The van der Waals surface area contributed by atoms with Crippen molar-refractivity contribution >= 4 is 23.3 Å². The van der Waals surface area contributed by atoms with E-state index >= 15 is 0 Å². The van der Waals surface area contributed by atoms with Gasteiger partial charge in [-0.15, -0.1) is 11.3 Å². The lowest BCUT2D eigenvalue weighted by Crippen LogP contribution is -2.65. The van der Waals surface area contributed by atoms with Gasteiger partial charge in [0.15, 0.2) is 12.2 Å². The zero-order valence-electron chi connectivity index (χ0n) is 20.1. The summed E-state index contributed by atoms with van der Waals surface area (Å²) < 4.78 is 31.7. The first-order chi connectivity index (χ1) is 17.4. The molecule has 8 heteroatoms. The highest BCUT2D eigenvalue weighted by Gasteiger charge is 2.49. The highest BCUT2D eigenvalue weighted by Crippen LogP contribution is 2.37. The molecule has 2 atom stereocenters. The summed E-state index contributed by atoms with van der Waals surface area (Å²) in [6, 6.07) is 16.9. The van der Waals surface area contributed by atoms with Gasteiger partial charge in [0.25, 0.3) is 0 Å². The highest BCUT2D eigenvalue weighted by molar-refractivity contribution is 7.12. The number of nitrogens with zero attached hydrogens (tertiary/aromatic N) is 1. The maximum absolute atomic E-state index is 14.0. The summed E-state index contributed by atoms with van der Waals surface area (Å²) in [6.45, 7) is 2.83. The van der Waals surface area contributed by atoms with E-state index in [1.165, 1.54) is 23.5 Å². The van der Waals surface area contributed by atoms with Gasteiger partial charge < -0.3 is 18.7 Å². The van der Waals surface area contributed by atoms with Crippen molar-refractivity contribution in [2.75, 3.05) is 33.3 Å². The molecule has 0 N–H and O–H groups in total. The highest BCUT2D eigenvalue weighted by atomic mass is 32.1. The number of carbonyl (C=O) groups excluding carboxylic acids is 2. The molecule has 3 fully saturated rings. The van der Waals surface area contributed by atoms with Crippen molar-refractivity contribution in [3.63, 3.8) is 0 Å². The molecule has 1 unspecified atom stereocenters. The molecule has 6 nitrogen and oxygen atoms in total. The van der Waals surface area contributed by atoms with Gasteiger partial charge in [0, 0.05) is 29.9 Å². The molecule has 0 spiro atoms. The second-order valence-electron chi connectivity index (χ2n) is 9.60. The maximum Gasteiger partial charge on any atom is 0.509 e. The number of carbonyl (C=O) groups is 2. The largest absolute Gasteiger partial charge is 0.509 e. The van der Waals surface area contributed by atoms with E-state index in [0.29, 0.717) is 34.4 Å². The summed E-state index contributed by atoms with van der Waals surface area (Å²) in [6.07, 6.45) is -0.173. The monoisotopic (exact) mass is 510 g/mol. The molecule has 3 aliphatic rings. The van der Waals surface area contributed by atoms with Crippen molar-refractivity contribution < 1.29 is 32.7 Å². The van der Waals surface area contributed by atoms with Gasteiger partial charge in [0.05, 0.1) is 25.1 Å². The van der Waals surface area contributed by atoms with E-state index in [2.05, 4.69) is 0 Å². The maximum atomic E-state index is 14.0. The molecular weight excluding hydrogens is 481 g/mol. The molecule has 1 aromatic heterocycles. The Morgan fingerprint density at radius 3 is 2.50 bits per heavy atom. The summed E-state index contributed by atoms with van der Waals surface area (Å²) >= 11 is 1.46. The summed E-state index contributed by atoms with van der Waals surface area (Å²) in [5.74, 6) is 0.566. The fourth-order valence-corrected chi connectivity index (χ4v) is 6.10. The molecule has 4 heterocycles. The summed E-state index contributed by atoms with van der Waals surface area (Å²) in [5, 5.41) is 1.91. The van der Waals surface area contributed by atoms with Crippen LogP contribution < -0.4 is 4.74 Å². The van der Waals surface area contributed by atoms with E-state index in [0.717, 1.165) is 30.8 Å². The zero-order chi connectivity index (χ0) is 25.1. The lowest BCUT2D eigenvalue weighted by Gasteiger charge is -2.51. The Kier molecular flexibility index (Phi) is 7.07. The lowest BCUT2D eigenvalue weighted by molar-refractivity contribution is -0.938. The number of fused-ring (bicyclic) bond motifs is 3. The van der Waals surface area contributed by atoms with E-state index < -0.39 is 18.1 Å². The number of thiophene rings is 1. The Morgan fingerprint density at radius 1 is 1.06 bits per heavy atom. The number of quaternary nitrogens is 1. The van der Waals surface area contributed by atoms with Gasteiger partial charge in [-0.2, -0.15) is 0 Å². The van der Waals surface area contributed by atoms with Crippen molar-refractivity contribution in [2.45, 2.75) is 25.0 Å². The third-order valence-electron chi connectivity index (χ3n) is 7.33. The number of piperidine rings is 3. The predicted octanol–water partition coefficient (Wildman–Crippen LogP) is 5.63. The van der Waals surface area contributed by atoms with E-state index in [-0.39, 0.29) is 17.8 Å². The summed E-state index contributed by atoms with van der Waals surface area (Å²) in [4.78, 5) is 26.7. The van der Waals surface area contributed by atoms with Crippen LogP contribution >= 0.6 is 11.3 Å². The van der Waals surface area contributed by atoms with Crippen LogP contribution in [0.1, 0.15) is 39.7 Å². The molecule has 188 valence electrons. The van der Waals surface area contributed by atoms with E-state index in [1.807, 2.05) is 17.5 Å². The third kappa shape index (κ3) is 5.29. The molecule has 6 rings (SSSR count). The smallest absolute Gasteiger partial charge is 0.497 e. The van der Waals surface area contributed by atoms with Crippen molar-refractivity contribution in [1.82, 2.24) is 0 Å². The van der Waals surface area contributed by atoms with Gasteiger partial charge in [-0.25, -0.2) is 9.18 Å². The quantitative estimate of drug-likeness (QED) is 0.223. The Hall–Kier alpha value is -3.23. The van der Waals surface area contributed by atoms with Crippen LogP contribution in [0, 0.1) is 11.7 Å². The number of hydrogen-bond acceptors (Lipinski definition) is 6. The van der Waals surface area contributed by atoms with Crippen LogP contribution in [0.25, 0.3) is 0 Å². The van der Waals surface area contributed by atoms with Gasteiger partial charge in [-0.05, 0) is 35.7 Å². The van der Waals surface area contributed by atoms with Gasteiger partial charge in [0.2, 0.25) is 5.78 Å². The second-order valence-corrected chi connectivity index (χ2v) is 10.6. The first-order valence-electron chi connectivity index (χ1n) is 12.1. The van der Waals surface area contributed by atoms with Crippen LogP contribution in [0.3, 0.4) is 0 Å². The molecule has 0 radical (unpaired) electrons. The normalized spacial score (nSPS) is 23.6. The average molecular weight is 511 g/mol. The van der Waals surface area contributed by atoms with Gasteiger partial charge >= 0.3 is 6.16 Å². The van der Waals surface area contributed by atoms with Crippen molar-refractivity contribution in [3.8, 4) is 5.75 Å². The zero-order valence-corrected chi connectivity index (χ0v) is 20.9. The lowest BCUT2D eigenvalue weighted by atomic mass is 9.83. The van der Waals surface area contributed by atoms with Crippen molar-refractivity contribution in [3.05, 3.63) is 87.9 Å². The standard InChI is InChI=1S/C28H29FNO5S/c1-33-23-8-3-6-21(16-23)27(20-5-2-7-22(29)15-20)35-28(32)34-25-18-30(12-10-19(25)11-13-30)17-24(31)26-9-4-14-36-26/h2-9,14-16,19,25,27H,10-13,17-18H2,1H3/q+1/t19?,25-,27?,30?/m0/s1. The van der Waals surface area contributed by atoms with Crippen LogP contribution in [0.5, 0.6) is 5.75 Å². The van der Waals surface area contributed by atoms with E-state index in [4.69, 9.17) is 14.2 Å². The van der Waals surface area contributed by atoms with Crippen LogP contribution in [-0.4, -0.2) is 55.8 Å². The topological polar surface area (TPSA) is 61.8 Å². The van der Waals surface area contributed by atoms with Crippen molar-refractivity contribution in [1.29, 1.82) is 0 Å². The third-order valence-corrected chi connectivity index (χ3v) is 8.24. The van der Waals surface area contributed by atoms with E-state index in [9.17, 15) is 14.0 Å². The molecule has 3 aromatic rings. The molecular formula is C28H29FNO5S+. The molecule has 3 saturated heterocycles. The number of ketones is 1.